The van der Waals surface area contributed by atoms with E-state index in [9.17, 15) is 8.42 Å². The van der Waals surface area contributed by atoms with E-state index in [0.717, 1.165) is 0 Å². The quantitative estimate of drug-likeness (QED) is 0.496. The molecular formula is C6H12O2P2S. The van der Waals surface area contributed by atoms with Crippen LogP contribution in [0.25, 0.3) is 0 Å². The average molecular weight is 210 g/mol. The Balaban J connectivity index is 3.80. The van der Waals surface area contributed by atoms with E-state index in [0.29, 0.717) is 12.3 Å². The third-order valence-electron chi connectivity index (χ3n) is 0.835. The Morgan fingerprint density at radius 3 is 1.73 bits per heavy atom. The lowest BCUT2D eigenvalue weighted by atomic mass is 10.8. The van der Waals surface area contributed by atoms with Crippen molar-refractivity contribution in [3.8, 4) is 0 Å². The van der Waals surface area contributed by atoms with Gasteiger partial charge in [-0.2, -0.15) is 0 Å². The number of rotatable bonds is 6. The maximum atomic E-state index is 11.1. The molecule has 0 saturated carbocycles. The zero-order chi connectivity index (χ0) is 8.74. The van der Waals surface area contributed by atoms with Gasteiger partial charge in [0.05, 0.1) is 0 Å². The molecule has 0 radical (unpaired) electrons. The van der Waals surface area contributed by atoms with Gasteiger partial charge >= 0.3 is 0 Å². The average Bonchev–Trinajstić information content (AvgIpc) is 1.97. The monoisotopic (exact) mass is 210 g/mol. The molecule has 11 heavy (non-hydrogen) atoms. The Morgan fingerprint density at radius 1 is 1.09 bits per heavy atom. The fourth-order valence-electron chi connectivity index (χ4n) is 0.388. The Bertz CT molecular complexity index is 203. The Kier molecular flexibility index (Phi) is 6.03. The fourth-order valence-corrected chi connectivity index (χ4v) is 5.91. The van der Waals surface area contributed by atoms with Crippen LogP contribution in [0.4, 0.5) is 0 Å². The van der Waals surface area contributed by atoms with Gasteiger partial charge in [-0.15, -0.1) is 13.2 Å². The first kappa shape index (κ1) is 11.3. The van der Waals surface area contributed by atoms with E-state index in [1.807, 2.05) is 0 Å². The standard InChI is InChI=1S/C6H12O2P2S/c1-3-5-9-11(7,8)10-6-4-2/h3-4,9-10H,1-2,5-6H2. The molecule has 2 atom stereocenters. The topological polar surface area (TPSA) is 34.1 Å². The Hall–Kier alpha value is 0.290. The van der Waals surface area contributed by atoms with Gasteiger partial charge in [0.15, 0.2) is 9.08 Å². The summed E-state index contributed by atoms with van der Waals surface area (Å²) in [6, 6.07) is 0. The van der Waals surface area contributed by atoms with Crippen LogP contribution in [0.2, 0.25) is 0 Å². The van der Waals surface area contributed by atoms with Crippen molar-refractivity contribution in [2.75, 3.05) is 12.3 Å². The molecule has 0 rings (SSSR count). The molecular weight excluding hydrogens is 198 g/mol. The first-order valence-electron chi connectivity index (χ1n) is 3.08. The number of hydrogen-bond donors (Lipinski definition) is 0. The van der Waals surface area contributed by atoms with Crippen molar-refractivity contribution in [3.63, 3.8) is 0 Å². The van der Waals surface area contributed by atoms with E-state index >= 15 is 0 Å². The number of hydrogen-bond acceptors (Lipinski definition) is 2. The summed E-state index contributed by atoms with van der Waals surface area (Å²) in [7, 11) is -2.82. The Morgan fingerprint density at radius 2 is 1.45 bits per heavy atom. The van der Waals surface area contributed by atoms with Crippen molar-refractivity contribution in [2.45, 2.75) is 0 Å². The van der Waals surface area contributed by atoms with Crippen LogP contribution in [0.3, 0.4) is 0 Å². The van der Waals surface area contributed by atoms with E-state index in [4.69, 9.17) is 0 Å². The van der Waals surface area contributed by atoms with Gasteiger partial charge in [0.25, 0.3) is 0 Å². The predicted molar refractivity (Wildman–Crippen MR) is 55.7 cm³/mol. The van der Waals surface area contributed by atoms with Crippen LogP contribution in [0.1, 0.15) is 0 Å². The van der Waals surface area contributed by atoms with Gasteiger partial charge in [-0.05, 0) is 12.3 Å². The van der Waals surface area contributed by atoms with Gasteiger partial charge in [0.2, 0.25) is 0 Å². The lowest BCUT2D eigenvalue weighted by Crippen LogP contribution is -1.83. The molecule has 0 fully saturated rings. The van der Waals surface area contributed by atoms with Crippen LogP contribution in [-0.2, 0) is 9.08 Å². The summed E-state index contributed by atoms with van der Waals surface area (Å²) in [5.41, 5.74) is 0. The maximum Gasteiger partial charge on any atom is 0.178 e. The molecule has 64 valence electrons. The van der Waals surface area contributed by atoms with Gasteiger partial charge in [-0.1, -0.05) is 12.2 Å². The minimum absolute atomic E-state index is 0.0125. The summed E-state index contributed by atoms with van der Waals surface area (Å²) in [5, 5.41) is 0. The lowest BCUT2D eigenvalue weighted by molar-refractivity contribution is 0.622. The van der Waals surface area contributed by atoms with Gasteiger partial charge in [0, 0.05) is 15.6 Å². The van der Waals surface area contributed by atoms with E-state index in [1.165, 1.54) is 0 Å². The van der Waals surface area contributed by atoms with E-state index in [-0.39, 0.29) is 15.6 Å². The van der Waals surface area contributed by atoms with Crippen LogP contribution in [0.5, 0.6) is 0 Å². The molecule has 0 aromatic carbocycles. The summed E-state index contributed by atoms with van der Waals surface area (Å²) in [5.74, 6) is 0. The van der Waals surface area contributed by atoms with Gasteiger partial charge < -0.3 is 0 Å². The van der Waals surface area contributed by atoms with Crippen molar-refractivity contribution < 1.29 is 8.42 Å². The van der Waals surface area contributed by atoms with Crippen LogP contribution in [-0.4, -0.2) is 20.7 Å². The molecule has 0 bridgehead atoms. The zero-order valence-electron chi connectivity index (χ0n) is 6.21. The van der Waals surface area contributed by atoms with Crippen molar-refractivity contribution in [2.24, 2.45) is 0 Å². The smallest absolute Gasteiger partial charge is 0.178 e. The molecule has 2 nitrogen and oxygen atoms in total. The molecule has 0 saturated heterocycles. The molecule has 0 heterocycles. The molecule has 0 amide bonds. The normalized spacial score (nSPS) is 13.1. The molecule has 0 aliphatic rings. The van der Waals surface area contributed by atoms with Crippen molar-refractivity contribution in [1.82, 2.24) is 0 Å². The highest BCUT2D eigenvalue weighted by molar-refractivity contribution is 8.72. The molecule has 0 spiro atoms. The summed E-state index contributed by atoms with van der Waals surface area (Å²) >= 11 is 0. The van der Waals surface area contributed by atoms with Crippen LogP contribution in [0.15, 0.2) is 25.3 Å². The molecule has 5 heteroatoms. The second kappa shape index (κ2) is 5.88. The Labute approximate surface area is 71.1 Å². The second-order valence-corrected chi connectivity index (χ2v) is 10.4. The third-order valence-corrected chi connectivity index (χ3v) is 8.38. The minimum atomic E-state index is -2.79. The fraction of sp³-hybridized carbons (Fsp3) is 0.333. The van der Waals surface area contributed by atoms with Crippen LogP contribution in [0, 0.1) is 0 Å². The minimum Gasteiger partial charge on any atom is -0.221 e. The van der Waals surface area contributed by atoms with E-state index < -0.39 is 9.08 Å². The third kappa shape index (κ3) is 6.68. The maximum absolute atomic E-state index is 11.1. The van der Waals surface area contributed by atoms with E-state index in [2.05, 4.69) is 13.2 Å². The highest BCUT2D eigenvalue weighted by Gasteiger charge is 2.06. The first-order chi connectivity index (χ1) is 5.12. The van der Waals surface area contributed by atoms with Crippen molar-refractivity contribution >= 4 is 24.6 Å². The summed E-state index contributed by atoms with van der Waals surface area (Å²) in [6.07, 6.45) is 4.42. The second-order valence-electron chi connectivity index (χ2n) is 1.78. The summed E-state index contributed by atoms with van der Waals surface area (Å²) in [6.45, 7) is 6.94. The largest absolute Gasteiger partial charge is 0.221 e. The summed E-state index contributed by atoms with van der Waals surface area (Å²) < 4.78 is 22.2. The lowest BCUT2D eigenvalue weighted by Gasteiger charge is -1.98. The summed E-state index contributed by atoms with van der Waals surface area (Å²) in [4.78, 5) is 0. The molecule has 0 N–H and O–H groups in total. The van der Waals surface area contributed by atoms with Crippen molar-refractivity contribution in [3.05, 3.63) is 25.3 Å². The van der Waals surface area contributed by atoms with Crippen LogP contribution >= 0.6 is 15.6 Å². The highest BCUT2D eigenvalue weighted by atomic mass is 33.1. The number of allylic oxidation sites excluding steroid dienone is 2. The first-order valence-corrected chi connectivity index (χ1v) is 8.43. The molecule has 0 aliphatic carbocycles. The molecule has 0 aromatic heterocycles. The molecule has 0 aliphatic heterocycles. The van der Waals surface area contributed by atoms with Gasteiger partial charge in [-0.3, -0.25) is 0 Å². The SMILES string of the molecule is C=CCPS(=O)(=O)PCC=C. The van der Waals surface area contributed by atoms with Crippen LogP contribution < -0.4 is 0 Å². The predicted octanol–water partition coefficient (Wildman–Crippen LogP) is 1.96. The van der Waals surface area contributed by atoms with Gasteiger partial charge in [-0.25, -0.2) is 8.42 Å². The van der Waals surface area contributed by atoms with E-state index in [1.54, 1.807) is 12.2 Å². The zero-order valence-corrected chi connectivity index (χ0v) is 9.02. The molecule has 2 unspecified atom stereocenters. The molecule has 0 aromatic rings. The van der Waals surface area contributed by atoms with Crippen molar-refractivity contribution in [1.29, 1.82) is 0 Å². The highest BCUT2D eigenvalue weighted by Crippen LogP contribution is 2.36. The van der Waals surface area contributed by atoms with Gasteiger partial charge in [0.1, 0.15) is 0 Å².